The van der Waals surface area contributed by atoms with Crippen LogP contribution in [0.15, 0.2) is 24.3 Å². The lowest BCUT2D eigenvalue weighted by atomic mass is 9.76. The van der Waals surface area contributed by atoms with Gasteiger partial charge in [0.2, 0.25) is 0 Å². The molecule has 0 aromatic heterocycles. The molecule has 2 rings (SSSR count). The highest BCUT2D eigenvalue weighted by Crippen LogP contribution is 2.34. The highest BCUT2D eigenvalue weighted by molar-refractivity contribution is 5.21. The normalized spacial score (nSPS) is 19.2. The molecule has 1 aliphatic carbocycles. The summed E-state index contributed by atoms with van der Waals surface area (Å²) in [5.74, 6) is 0. The Hall–Kier alpha value is -0.820. The van der Waals surface area contributed by atoms with Crippen molar-refractivity contribution in [2.45, 2.75) is 52.5 Å². The first kappa shape index (κ1) is 12.6. The topological polar surface area (TPSA) is 12.0 Å². The molecule has 1 N–H and O–H groups in total. The second-order valence-electron chi connectivity index (χ2n) is 5.96. The van der Waals surface area contributed by atoms with Gasteiger partial charge in [-0.3, -0.25) is 0 Å². The van der Waals surface area contributed by atoms with E-state index in [2.05, 4.69) is 43.4 Å². The van der Waals surface area contributed by atoms with Gasteiger partial charge >= 0.3 is 0 Å². The predicted molar refractivity (Wildman–Crippen MR) is 74.1 cm³/mol. The monoisotopic (exact) mass is 231 g/mol. The summed E-state index contributed by atoms with van der Waals surface area (Å²) in [6.07, 6.45) is 7.07. The third-order valence-electron chi connectivity index (χ3n) is 4.02. The number of hydrogen-bond donors (Lipinski definition) is 1. The van der Waals surface area contributed by atoms with Gasteiger partial charge in [-0.2, -0.15) is 0 Å². The van der Waals surface area contributed by atoms with Gasteiger partial charge in [0.05, 0.1) is 0 Å². The third-order valence-corrected chi connectivity index (χ3v) is 4.02. The number of benzene rings is 1. The van der Waals surface area contributed by atoms with Gasteiger partial charge in [0.1, 0.15) is 0 Å². The van der Waals surface area contributed by atoms with Gasteiger partial charge in [-0.15, -0.1) is 0 Å². The van der Waals surface area contributed by atoms with Crippen molar-refractivity contribution in [3.63, 3.8) is 0 Å². The molecule has 1 aliphatic rings. The minimum Gasteiger partial charge on any atom is -0.312 e. The lowest BCUT2D eigenvalue weighted by molar-refractivity contribution is 0.207. The minimum absolute atomic E-state index is 0.544. The van der Waals surface area contributed by atoms with Crippen molar-refractivity contribution in [1.82, 2.24) is 5.32 Å². The van der Waals surface area contributed by atoms with E-state index in [4.69, 9.17) is 0 Å². The minimum atomic E-state index is 0.544. The molecule has 0 aliphatic heterocycles. The quantitative estimate of drug-likeness (QED) is 0.824. The molecule has 0 radical (unpaired) electrons. The summed E-state index contributed by atoms with van der Waals surface area (Å²) in [5, 5.41) is 3.64. The maximum Gasteiger partial charge on any atom is 0.0205 e. The average molecular weight is 231 g/mol. The summed E-state index contributed by atoms with van der Waals surface area (Å²) in [4.78, 5) is 0. The van der Waals surface area contributed by atoms with Crippen LogP contribution in [0.5, 0.6) is 0 Å². The lowest BCUT2D eigenvalue weighted by Crippen LogP contribution is -2.33. The largest absolute Gasteiger partial charge is 0.312 e. The van der Waals surface area contributed by atoms with Crippen LogP contribution >= 0.6 is 0 Å². The van der Waals surface area contributed by atoms with Crippen molar-refractivity contribution < 1.29 is 0 Å². The zero-order chi connectivity index (χ0) is 12.1. The molecule has 0 spiro atoms. The first-order valence-electron chi connectivity index (χ1n) is 6.94. The molecule has 0 amide bonds. The van der Waals surface area contributed by atoms with E-state index >= 15 is 0 Å². The summed E-state index contributed by atoms with van der Waals surface area (Å²) in [6.45, 7) is 6.78. The van der Waals surface area contributed by atoms with Crippen LogP contribution in [-0.4, -0.2) is 6.54 Å². The van der Waals surface area contributed by atoms with Crippen molar-refractivity contribution in [2.75, 3.05) is 6.54 Å². The predicted octanol–water partition coefficient (Wildman–Crippen LogP) is 4.06. The molecule has 0 saturated heterocycles. The summed E-state index contributed by atoms with van der Waals surface area (Å²) in [5.41, 5.74) is 3.31. The van der Waals surface area contributed by atoms with E-state index in [0.29, 0.717) is 5.41 Å². The van der Waals surface area contributed by atoms with Crippen LogP contribution < -0.4 is 5.32 Å². The van der Waals surface area contributed by atoms with Crippen molar-refractivity contribution >= 4 is 0 Å². The van der Waals surface area contributed by atoms with Crippen molar-refractivity contribution in [3.8, 4) is 0 Å². The molecule has 1 fully saturated rings. The molecule has 1 heteroatoms. The maximum absolute atomic E-state index is 3.64. The van der Waals surface area contributed by atoms with Crippen LogP contribution in [0.2, 0.25) is 0 Å². The highest BCUT2D eigenvalue weighted by Gasteiger charge is 2.25. The van der Waals surface area contributed by atoms with Gasteiger partial charge in [-0.25, -0.2) is 0 Å². The van der Waals surface area contributed by atoms with E-state index in [0.717, 1.165) is 6.54 Å². The maximum atomic E-state index is 3.64. The summed E-state index contributed by atoms with van der Waals surface area (Å²) >= 11 is 0. The van der Waals surface area contributed by atoms with E-state index in [-0.39, 0.29) is 0 Å². The zero-order valence-electron chi connectivity index (χ0n) is 11.3. The Morgan fingerprint density at radius 2 is 1.94 bits per heavy atom. The lowest BCUT2D eigenvalue weighted by Gasteiger charge is -2.33. The van der Waals surface area contributed by atoms with Crippen molar-refractivity contribution in [1.29, 1.82) is 0 Å². The molecule has 0 atom stereocenters. The SMILES string of the molecule is Cc1cccc(CNCC2(C)CCCCC2)c1. The number of aryl methyl sites for hydroxylation is 1. The Morgan fingerprint density at radius 1 is 1.18 bits per heavy atom. The highest BCUT2D eigenvalue weighted by atomic mass is 14.9. The fourth-order valence-electron chi connectivity index (χ4n) is 2.91. The van der Waals surface area contributed by atoms with Gasteiger partial charge < -0.3 is 5.32 Å². The van der Waals surface area contributed by atoms with Gasteiger partial charge in [0.25, 0.3) is 0 Å². The Kier molecular flexibility index (Phi) is 4.22. The van der Waals surface area contributed by atoms with E-state index in [1.54, 1.807) is 0 Å². The molecule has 1 saturated carbocycles. The first-order chi connectivity index (χ1) is 8.18. The molecule has 17 heavy (non-hydrogen) atoms. The van der Waals surface area contributed by atoms with Crippen LogP contribution in [-0.2, 0) is 6.54 Å². The van der Waals surface area contributed by atoms with Crippen LogP contribution in [0.25, 0.3) is 0 Å². The number of nitrogens with one attached hydrogen (secondary N) is 1. The molecule has 0 bridgehead atoms. The Labute approximate surface area is 106 Å². The van der Waals surface area contributed by atoms with E-state index in [1.165, 1.54) is 49.8 Å². The summed E-state index contributed by atoms with van der Waals surface area (Å²) in [6, 6.07) is 8.79. The van der Waals surface area contributed by atoms with Gasteiger partial charge in [0.15, 0.2) is 0 Å². The molecular formula is C16H25N. The van der Waals surface area contributed by atoms with Gasteiger partial charge in [-0.1, -0.05) is 56.0 Å². The molecule has 1 aromatic carbocycles. The third kappa shape index (κ3) is 3.85. The van der Waals surface area contributed by atoms with Crippen LogP contribution in [0.1, 0.15) is 50.2 Å². The number of rotatable bonds is 4. The number of hydrogen-bond acceptors (Lipinski definition) is 1. The van der Waals surface area contributed by atoms with Crippen molar-refractivity contribution in [2.24, 2.45) is 5.41 Å². The average Bonchev–Trinajstić information content (AvgIpc) is 2.30. The summed E-state index contributed by atoms with van der Waals surface area (Å²) < 4.78 is 0. The molecule has 0 unspecified atom stereocenters. The fourth-order valence-corrected chi connectivity index (χ4v) is 2.91. The van der Waals surface area contributed by atoms with Crippen LogP contribution in [0.4, 0.5) is 0 Å². The molecule has 0 heterocycles. The standard InChI is InChI=1S/C16H25N/c1-14-7-6-8-15(11-14)12-17-13-16(2)9-4-3-5-10-16/h6-8,11,17H,3-5,9-10,12-13H2,1-2H3. The molecule has 1 nitrogen and oxygen atoms in total. The fraction of sp³-hybridized carbons (Fsp3) is 0.625. The Bertz CT molecular complexity index is 350. The second-order valence-corrected chi connectivity index (χ2v) is 5.96. The van der Waals surface area contributed by atoms with Gasteiger partial charge in [-0.05, 0) is 30.7 Å². The molecule has 94 valence electrons. The van der Waals surface area contributed by atoms with E-state index in [9.17, 15) is 0 Å². The smallest absolute Gasteiger partial charge is 0.0205 e. The molecular weight excluding hydrogens is 206 g/mol. The zero-order valence-corrected chi connectivity index (χ0v) is 11.3. The summed E-state index contributed by atoms with van der Waals surface area (Å²) in [7, 11) is 0. The van der Waals surface area contributed by atoms with E-state index < -0.39 is 0 Å². The van der Waals surface area contributed by atoms with Gasteiger partial charge in [0, 0.05) is 13.1 Å². The van der Waals surface area contributed by atoms with Crippen molar-refractivity contribution in [3.05, 3.63) is 35.4 Å². The second kappa shape index (κ2) is 5.68. The van der Waals surface area contributed by atoms with Crippen LogP contribution in [0.3, 0.4) is 0 Å². The molecule has 1 aromatic rings. The Morgan fingerprint density at radius 3 is 2.65 bits per heavy atom. The van der Waals surface area contributed by atoms with Crippen LogP contribution in [0, 0.1) is 12.3 Å². The Balaban J connectivity index is 1.79. The van der Waals surface area contributed by atoms with E-state index in [1.807, 2.05) is 0 Å². The first-order valence-corrected chi connectivity index (χ1v) is 6.94.